The van der Waals surface area contributed by atoms with Crippen LogP contribution in [0.15, 0.2) is 41.1 Å². The Morgan fingerprint density at radius 1 is 1.42 bits per heavy atom. The number of nitrogens with zero attached hydrogens (tertiary/aromatic N) is 2. The van der Waals surface area contributed by atoms with Crippen LogP contribution in [0.3, 0.4) is 0 Å². The van der Waals surface area contributed by atoms with Crippen LogP contribution in [0, 0.1) is 6.92 Å². The summed E-state index contributed by atoms with van der Waals surface area (Å²) in [6.45, 7) is 5.75. The van der Waals surface area contributed by atoms with Crippen molar-refractivity contribution in [3.8, 4) is 0 Å². The number of hydrogen-bond acceptors (Lipinski definition) is 5. The number of carbonyl (C=O) groups is 1. The van der Waals surface area contributed by atoms with Crippen LogP contribution in [0.2, 0.25) is 0 Å². The molecule has 0 saturated carbocycles. The smallest absolute Gasteiger partial charge is 0.252 e. The zero-order valence-corrected chi connectivity index (χ0v) is 13.9. The van der Waals surface area contributed by atoms with E-state index in [0.717, 1.165) is 37.5 Å². The van der Waals surface area contributed by atoms with Crippen molar-refractivity contribution < 1.29 is 13.9 Å². The summed E-state index contributed by atoms with van der Waals surface area (Å²) in [7, 11) is 0. The number of hydrogen-bond donors (Lipinski definition) is 1. The molecule has 0 aliphatic carbocycles. The molecule has 0 bridgehead atoms. The van der Waals surface area contributed by atoms with Gasteiger partial charge in [0.1, 0.15) is 5.76 Å². The summed E-state index contributed by atoms with van der Waals surface area (Å²) in [5.41, 5.74) is 1.49. The third kappa shape index (κ3) is 4.66. The van der Waals surface area contributed by atoms with Crippen LogP contribution in [0.5, 0.6) is 0 Å². The minimum absolute atomic E-state index is 0.0919. The highest BCUT2D eigenvalue weighted by Crippen LogP contribution is 2.12. The highest BCUT2D eigenvalue weighted by molar-refractivity contribution is 5.93. The van der Waals surface area contributed by atoms with Crippen molar-refractivity contribution in [1.29, 1.82) is 0 Å². The molecule has 0 unspecified atom stereocenters. The molecule has 1 aliphatic heterocycles. The number of aromatic nitrogens is 1. The Morgan fingerprint density at radius 2 is 2.33 bits per heavy atom. The molecule has 2 aromatic heterocycles. The van der Waals surface area contributed by atoms with Gasteiger partial charge in [0.15, 0.2) is 0 Å². The highest BCUT2D eigenvalue weighted by atomic mass is 16.5. The third-order valence-electron chi connectivity index (χ3n) is 4.11. The second-order valence-corrected chi connectivity index (χ2v) is 6.04. The Kier molecular flexibility index (Phi) is 5.61. The van der Waals surface area contributed by atoms with Gasteiger partial charge in [0.2, 0.25) is 0 Å². The monoisotopic (exact) mass is 329 g/mol. The average Bonchev–Trinajstić information content (AvgIpc) is 3.09. The molecule has 0 spiro atoms. The van der Waals surface area contributed by atoms with Crippen LogP contribution in [-0.2, 0) is 11.3 Å². The maximum absolute atomic E-state index is 12.1. The summed E-state index contributed by atoms with van der Waals surface area (Å²) in [5.74, 6) is 0.876. The molecule has 1 atom stereocenters. The molecule has 6 nitrogen and oxygen atoms in total. The molecule has 3 heterocycles. The number of carbonyl (C=O) groups excluding carboxylic acids is 1. The van der Waals surface area contributed by atoms with Crippen molar-refractivity contribution in [2.75, 3.05) is 26.2 Å². The predicted molar refractivity (Wildman–Crippen MR) is 89.6 cm³/mol. The van der Waals surface area contributed by atoms with Gasteiger partial charge >= 0.3 is 0 Å². The van der Waals surface area contributed by atoms with Gasteiger partial charge in [0, 0.05) is 31.5 Å². The van der Waals surface area contributed by atoms with E-state index in [-0.39, 0.29) is 12.0 Å². The van der Waals surface area contributed by atoms with Gasteiger partial charge in [0.05, 0.1) is 31.1 Å². The van der Waals surface area contributed by atoms with Crippen molar-refractivity contribution in [3.63, 3.8) is 0 Å². The van der Waals surface area contributed by atoms with Crippen LogP contribution in [0.1, 0.15) is 28.2 Å². The fourth-order valence-electron chi connectivity index (χ4n) is 2.77. The number of ether oxygens (including phenoxy) is 1. The molecule has 128 valence electrons. The number of morpholine rings is 1. The Bertz CT molecular complexity index is 640. The van der Waals surface area contributed by atoms with E-state index in [1.54, 1.807) is 18.5 Å². The molecule has 3 rings (SSSR count). The van der Waals surface area contributed by atoms with E-state index in [9.17, 15) is 4.79 Å². The topological polar surface area (TPSA) is 67.6 Å². The lowest BCUT2D eigenvalue weighted by Gasteiger charge is -2.32. The van der Waals surface area contributed by atoms with Gasteiger partial charge in [-0.05, 0) is 37.6 Å². The molecule has 1 N–H and O–H groups in total. The van der Waals surface area contributed by atoms with E-state index in [1.165, 1.54) is 0 Å². The minimum atomic E-state index is -0.0919. The Morgan fingerprint density at radius 3 is 3.08 bits per heavy atom. The largest absolute Gasteiger partial charge is 0.468 e. The van der Waals surface area contributed by atoms with Crippen molar-refractivity contribution >= 4 is 5.91 Å². The van der Waals surface area contributed by atoms with Gasteiger partial charge in [-0.15, -0.1) is 0 Å². The lowest BCUT2D eigenvalue weighted by molar-refractivity contribution is -0.0358. The van der Waals surface area contributed by atoms with E-state index in [4.69, 9.17) is 9.15 Å². The van der Waals surface area contributed by atoms with Crippen molar-refractivity contribution in [1.82, 2.24) is 15.2 Å². The zero-order chi connectivity index (χ0) is 16.8. The first-order valence-electron chi connectivity index (χ1n) is 8.28. The molecular formula is C18H23N3O3. The van der Waals surface area contributed by atoms with Gasteiger partial charge in [-0.3, -0.25) is 14.7 Å². The Balaban J connectivity index is 1.41. The first-order chi connectivity index (χ1) is 11.7. The molecular weight excluding hydrogens is 306 g/mol. The lowest BCUT2D eigenvalue weighted by atomic mass is 10.2. The van der Waals surface area contributed by atoms with Crippen LogP contribution < -0.4 is 5.32 Å². The summed E-state index contributed by atoms with van der Waals surface area (Å²) in [6.07, 6.45) is 4.22. The van der Waals surface area contributed by atoms with Crippen molar-refractivity contribution in [2.45, 2.75) is 26.0 Å². The van der Waals surface area contributed by atoms with Gasteiger partial charge < -0.3 is 14.5 Å². The van der Waals surface area contributed by atoms with Crippen LogP contribution in [-0.4, -0.2) is 48.1 Å². The summed E-state index contributed by atoms with van der Waals surface area (Å²) in [5, 5.41) is 2.93. The number of amides is 1. The maximum atomic E-state index is 12.1. The number of rotatable bonds is 6. The van der Waals surface area contributed by atoms with Crippen LogP contribution in [0.25, 0.3) is 0 Å². The fraction of sp³-hybridized carbons (Fsp3) is 0.444. The van der Waals surface area contributed by atoms with E-state index in [1.807, 2.05) is 25.1 Å². The SMILES string of the molecule is Cc1ccc(C(=O)NCC[C@@H]2CN(Cc3ccco3)CCO2)cn1. The van der Waals surface area contributed by atoms with E-state index >= 15 is 0 Å². The number of nitrogens with one attached hydrogen (secondary N) is 1. The Labute approximate surface area is 141 Å². The predicted octanol–water partition coefficient (Wildman–Crippen LogP) is 2.00. The molecule has 1 amide bonds. The van der Waals surface area contributed by atoms with Gasteiger partial charge in [0.25, 0.3) is 5.91 Å². The third-order valence-corrected chi connectivity index (χ3v) is 4.11. The van der Waals surface area contributed by atoms with E-state index in [0.29, 0.717) is 18.7 Å². The average molecular weight is 329 g/mol. The van der Waals surface area contributed by atoms with Gasteiger partial charge in [-0.1, -0.05) is 0 Å². The number of aryl methyl sites for hydroxylation is 1. The van der Waals surface area contributed by atoms with E-state index < -0.39 is 0 Å². The maximum Gasteiger partial charge on any atom is 0.252 e. The van der Waals surface area contributed by atoms with E-state index in [2.05, 4.69) is 15.2 Å². The van der Waals surface area contributed by atoms with Crippen LogP contribution in [0.4, 0.5) is 0 Å². The number of furan rings is 1. The first-order valence-corrected chi connectivity index (χ1v) is 8.28. The number of pyridine rings is 1. The van der Waals surface area contributed by atoms with Gasteiger partial charge in [-0.25, -0.2) is 0 Å². The Hall–Kier alpha value is -2.18. The first kappa shape index (κ1) is 16.7. The molecule has 24 heavy (non-hydrogen) atoms. The summed E-state index contributed by atoms with van der Waals surface area (Å²) in [6, 6.07) is 7.52. The normalized spacial score (nSPS) is 18.5. The fourth-order valence-corrected chi connectivity index (χ4v) is 2.77. The summed E-state index contributed by atoms with van der Waals surface area (Å²) in [4.78, 5) is 18.5. The molecule has 2 aromatic rings. The lowest BCUT2D eigenvalue weighted by Crippen LogP contribution is -2.43. The van der Waals surface area contributed by atoms with Crippen LogP contribution >= 0.6 is 0 Å². The van der Waals surface area contributed by atoms with Crippen molar-refractivity contribution in [3.05, 3.63) is 53.7 Å². The second-order valence-electron chi connectivity index (χ2n) is 6.04. The molecule has 1 saturated heterocycles. The summed E-state index contributed by atoms with van der Waals surface area (Å²) >= 11 is 0. The van der Waals surface area contributed by atoms with Crippen molar-refractivity contribution in [2.24, 2.45) is 0 Å². The highest BCUT2D eigenvalue weighted by Gasteiger charge is 2.21. The zero-order valence-electron chi connectivity index (χ0n) is 13.9. The molecule has 6 heteroatoms. The summed E-state index contributed by atoms with van der Waals surface area (Å²) < 4.78 is 11.2. The molecule has 1 aliphatic rings. The molecule has 1 fully saturated rings. The second kappa shape index (κ2) is 8.08. The quantitative estimate of drug-likeness (QED) is 0.878. The molecule has 0 radical (unpaired) electrons. The minimum Gasteiger partial charge on any atom is -0.468 e. The standard InChI is InChI=1S/C18H23N3O3/c1-14-4-5-15(11-20-14)18(22)19-7-6-17-13-21(8-10-24-17)12-16-3-2-9-23-16/h2-5,9,11,17H,6-8,10,12-13H2,1H3,(H,19,22)/t17-/m1/s1. The van der Waals surface area contributed by atoms with Gasteiger partial charge in [-0.2, -0.15) is 0 Å². The molecule has 0 aromatic carbocycles.